The second kappa shape index (κ2) is 3.71. The smallest absolute Gasteiger partial charge is 0.327 e. The standard InChI is InChI=1S/C6H4N3.Rb/c1-2-5-4-8-9-6(5)7-3-1;/h1-3H,(H,7,8,9);/q-1;+1. The summed E-state index contributed by atoms with van der Waals surface area (Å²) in [5.74, 6) is 0. The molecule has 0 atom stereocenters. The fraction of sp³-hybridized carbons (Fsp3) is 0. The van der Waals surface area contributed by atoms with Crippen molar-refractivity contribution in [3.05, 3.63) is 24.5 Å². The molecule has 0 fully saturated rings. The molecule has 0 aliphatic heterocycles. The number of hydrogen-bond acceptors (Lipinski definition) is 2. The van der Waals surface area contributed by atoms with E-state index in [0.717, 1.165) is 11.0 Å². The number of aromatic nitrogens is 3. The van der Waals surface area contributed by atoms with Crippen LogP contribution in [0.5, 0.6) is 0 Å². The van der Waals surface area contributed by atoms with E-state index in [2.05, 4.69) is 21.4 Å². The Labute approximate surface area is 107 Å². The van der Waals surface area contributed by atoms with E-state index in [1.54, 1.807) is 6.20 Å². The van der Waals surface area contributed by atoms with Crippen LogP contribution in [0, 0.1) is 6.20 Å². The molecule has 0 aromatic carbocycles. The van der Waals surface area contributed by atoms with Crippen molar-refractivity contribution in [1.29, 1.82) is 0 Å². The maximum Gasteiger partial charge on any atom is 1.00 e. The van der Waals surface area contributed by atoms with Gasteiger partial charge >= 0.3 is 58.2 Å². The van der Waals surface area contributed by atoms with Crippen LogP contribution in [-0.4, -0.2) is 15.2 Å². The van der Waals surface area contributed by atoms with Gasteiger partial charge in [0.05, 0.1) is 0 Å². The first-order chi connectivity index (χ1) is 4.47. The van der Waals surface area contributed by atoms with E-state index in [1.807, 2.05) is 12.1 Å². The van der Waals surface area contributed by atoms with Crippen molar-refractivity contribution in [2.45, 2.75) is 0 Å². The zero-order valence-corrected chi connectivity index (χ0v) is 10.5. The summed E-state index contributed by atoms with van der Waals surface area (Å²) in [5, 5.41) is 7.32. The number of aromatic amines is 1. The van der Waals surface area contributed by atoms with Gasteiger partial charge in [-0.15, -0.1) is 11.5 Å². The first kappa shape index (κ1) is 8.52. The van der Waals surface area contributed by atoms with E-state index in [9.17, 15) is 0 Å². The number of H-pyrrole nitrogens is 1. The van der Waals surface area contributed by atoms with Gasteiger partial charge in [-0.05, 0) is 6.20 Å². The summed E-state index contributed by atoms with van der Waals surface area (Å²) >= 11 is 0. The van der Waals surface area contributed by atoms with E-state index < -0.39 is 0 Å². The fourth-order valence-corrected chi connectivity index (χ4v) is 0.726. The Hall–Kier alpha value is 0.425. The van der Waals surface area contributed by atoms with Crippen LogP contribution in [0.3, 0.4) is 0 Å². The summed E-state index contributed by atoms with van der Waals surface area (Å²) < 4.78 is 0. The van der Waals surface area contributed by atoms with Crippen molar-refractivity contribution >= 4 is 11.0 Å². The van der Waals surface area contributed by atoms with E-state index in [0.29, 0.717) is 0 Å². The van der Waals surface area contributed by atoms with Crippen LogP contribution in [0.15, 0.2) is 18.3 Å². The molecular formula is C6H4N3Rb. The van der Waals surface area contributed by atoms with Crippen LogP contribution in [-0.2, 0) is 0 Å². The molecule has 0 radical (unpaired) electrons. The summed E-state index contributed by atoms with van der Waals surface area (Å²) in [4.78, 5) is 3.99. The fourth-order valence-electron chi connectivity index (χ4n) is 0.726. The first-order valence-corrected chi connectivity index (χ1v) is 2.63. The van der Waals surface area contributed by atoms with Gasteiger partial charge in [-0.2, -0.15) is 6.07 Å². The van der Waals surface area contributed by atoms with Crippen LogP contribution in [0.25, 0.3) is 11.0 Å². The second-order valence-corrected chi connectivity index (χ2v) is 1.73. The van der Waals surface area contributed by atoms with Gasteiger partial charge in [0, 0.05) is 11.8 Å². The second-order valence-electron chi connectivity index (χ2n) is 1.73. The largest absolute Gasteiger partial charge is 1.00 e. The molecule has 0 saturated carbocycles. The van der Waals surface area contributed by atoms with Crippen molar-refractivity contribution in [3.8, 4) is 0 Å². The van der Waals surface area contributed by atoms with Gasteiger partial charge in [-0.1, -0.05) is 0 Å². The number of hydrogen-bond donors (Lipinski definition) is 1. The molecule has 0 aliphatic carbocycles. The Bertz CT molecular complexity index is 287. The van der Waals surface area contributed by atoms with E-state index >= 15 is 0 Å². The molecule has 4 heteroatoms. The Morgan fingerprint density at radius 3 is 3.20 bits per heavy atom. The number of rotatable bonds is 0. The minimum Gasteiger partial charge on any atom is -0.327 e. The van der Waals surface area contributed by atoms with Gasteiger partial charge in [0.1, 0.15) is 0 Å². The first-order valence-electron chi connectivity index (χ1n) is 2.63. The molecule has 0 aliphatic rings. The van der Waals surface area contributed by atoms with E-state index in [1.165, 1.54) is 0 Å². The van der Waals surface area contributed by atoms with Gasteiger partial charge in [0.15, 0.2) is 0 Å². The molecule has 10 heavy (non-hydrogen) atoms. The van der Waals surface area contributed by atoms with Gasteiger partial charge < -0.3 is 10.1 Å². The molecule has 2 rings (SSSR count). The Morgan fingerprint density at radius 1 is 1.50 bits per heavy atom. The average Bonchev–Trinajstić information content (AvgIpc) is 2.33. The van der Waals surface area contributed by atoms with Gasteiger partial charge in [0.25, 0.3) is 0 Å². The maximum absolute atomic E-state index is 3.99. The van der Waals surface area contributed by atoms with Crippen LogP contribution < -0.4 is 58.2 Å². The van der Waals surface area contributed by atoms with Gasteiger partial charge in [0.2, 0.25) is 0 Å². The van der Waals surface area contributed by atoms with Crippen LogP contribution in [0.4, 0.5) is 0 Å². The quantitative estimate of drug-likeness (QED) is 0.492. The number of fused-ring (bicyclic) bond motifs is 1. The molecule has 2 aromatic heterocycles. The predicted octanol–water partition coefficient (Wildman–Crippen LogP) is -2.24. The Morgan fingerprint density at radius 2 is 2.40 bits per heavy atom. The molecule has 2 aromatic rings. The molecule has 0 spiro atoms. The van der Waals surface area contributed by atoms with Crippen molar-refractivity contribution < 1.29 is 58.2 Å². The molecule has 0 saturated heterocycles. The Kier molecular flexibility index (Phi) is 3.16. The zero-order chi connectivity index (χ0) is 6.10. The molecule has 0 unspecified atom stereocenters. The minimum absolute atomic E-state index is 0. The molecule has 0 bridgehead atoms. The summed E-state index contributed by atoms with van der Waals surface area (Å²) in [6.07, 6.45) is 4.47. The topological polar surface area (TPSA) is 41.6 Å². The zero-order valence-electron chi connectivity index (χ0n) is 5.63. The molecule has 0 amide bonds. The van der Waals surface area contributed by atoms with Crippen molar-refractivity contribution in [2.75, 3.05) is 0 Å². The molecular weight excluding hydrogens is 200 g/mol. The summed E-state index contributed by atoms with van der Waals surface area (Å²) in [7, 11) is 0. The minimum atomic E-state index is 0. The number of nitrogens with zero attached hydrogens (tertiary/aromatic N) is 2. The van der Waals surface area contributed by atoms with E-state index in [-0.39, 0.29) is 58.2 Å². The van der Waals surface area contributed by atoms with Crippen molar-refractivity contribution in [1.82, 2.24) is 15.2 Å². The maximum atomic E-state index is 3.99. The van der Waals surface area contributed by atoms with Crippen LogP contribution in [0.1, 0.15) is 0 Å². The molecule has 44 valence electrons. The van der Waals surface area contributed by atoms with Gasteiger partial charge in [-0.25, -0.2) is 0 Å². The van der Waals surface area contributed by atoms with Gasteiger partial charge in [-0.3, -0.25) is 5.10 Å². The Balaban J connectivity index is 0.000000500. The monoisotopic (exact) mass is 203 g/mol. The number of pyridine rings is 1. The predicted molar refractivity (Wildman–Crippen MR) is 32.7 cm³/mol. The van der Waals surface area contributed by atoms with Crippen LogP contribution >= 0.6 is 0 Å². The number of nitrogens with one attached hydrogen (secondary N) is 1. The molecule has 2 heterocycles. The normalized spacial score (nSPS) is 9.20. The summed E-state index contributed by atoms with van der Waals surface area (Å²) in [5.41, 5.74) is 0.789. The third-order valence-corrected chi connectivity index (χ3v) is 1.15. The molecule has 1 N–H and O–H groups in total. The van der Waals surface area contributed by atoms with Crippen molar-refractivity contribution in [3.63, 3.8) is 0 Å². The third-order valence-electron chi connectivity index (χ3n) is 1.15. The average molecular weight is 204 g/mol. The van der Waals surface area contributed by atoms with Crippen LogP contribution in [0.2, 0.25) is 0 Å². The van der Waals surface area contributed by atoms with Crippen molar-refractivity contribution in [2.24, 2.45) is 0 Å². The summed E-state index contributed by atoms with van der Waals surface area (Å²) in [6.45, 7) is 0. The molecule has 3 nitrogen and oxygen atoms in total. The summed E-state index contributed by atoms with van der Waals surface area (Å²) in [6, 6.07) is 3.76. The SMILES string of the molecule is [Rb+].[c-]1n[nH]c2ncccc12. The van der Waals surface area contributed by atoms with E-state index in [4.69, 9.17) is 0 Å². The third kappa shape index (κ3) is 1.53.